The van der Waals surface area contributed by atoms with Gasteiger partial charge >= 0.3 is 11.8 Å². The maximum atomic E-state index is 14.0. The summed E-state index contributed by atoms with van der Waals surface area (Å²) in [4.78, 5) is 24.4. The lowest BCUT2D eigenvalue weighted by Gasteiger charge is -2.13. The van der Waals surface area contributed by atoms with Crippen LogP contribution in [-0.4, -0.2) is 24.6 Å². The Bertz CT molecular complexity index is 1280. The molecule has 0 saturated heterocycles. The van der Waals surface area contributed by atoms with Crippen LogP contribution in [0.3, 0.4) is 0 Å². The molecule has 3 rings (SSSR count). The van der Waals surface area contributed by atoms with Crippen molar-refractivity contribution in [3.8, 4) is 11.5 Å². The minimum atomic E-state index is -0.947. The lowest BCUT2D eigenvalue weighted by Crippen LogP contribution is -2.33. The summed E-state index contributed by atoms with van der Waals surface area (Å²) in [6.45, 7) is 3.28. The number of halogens is 3. The highest BCUT2D eigenvalue weighted by Gasteiger charge is 2.16. The number of hydrogen-bond donors (Lipinski definition) is 2. The number of carbonyl (C=O) groups excluding carboxylic acids is 2. The van der Waals surface area contributed by atoms with Gasteiger partial charge < -0.3 is 14.8 Å². The zero-order chi connectivity index (χ0) is 25.5. The number of hydrazone groups is 1. The van der Waals surface area contributed by atoms with Gasteiger partial charge in [-0.2, -0.15) is 5.10 Å². The largest absolute Gasteiger partial charge is 0.493 e. The van der Waals surface area contributed by atoms with E-state index in [-0.39, 0.29) is 17.2 Å². The lowest BCUT2D eigenvalue weighted by atomic mass is 10.1. The van der Waals surface area contributed by atoms with Gasteiger partial charge in [-0.15, -0.1) is 0 Å². The van der Waals surface area contributed by atoms with Gasteiger partial charge in [0.05, 0.1) is 17.8 Å². The van der Waals surface area contributed by atoms with Crippen LogP contribution >= 0.6 is 23.2 Å². The van der Waals surface area contributed by atoms with Crippen molar-refractivity contribution >= 4 is 46.4 Å². The van der Waals surface area contributed by atoms with Gasteiger partial charge in [0.2, 0.25) is 0 Å². The second-order valence-corrected chi connectivity index (χ2v) is 8.17. The first-order valence-electron chi connectivity index (χ1n) is 10.4. The van der Waals surface area contributed by atoms with E-state index in [0.717, 1.165) is 0 Å². The maximum absolute atomic E-state index is 14.0. The monoisotopic (exact) mass is 517 g/mol. The molecule has 0 fully saturated rings. The van der Waals surface area contributed by atoms with E-state index in [1.807, 2.05) is 0 Å². The van der Waals surface area contributed by atoms with E-state index in [1.165, 1.54) is 19.2 Å². The molecule has 7 nitrogen and oxygen atoms in total. The van der Waals surface area contributed by atoms with Crippen molar-refractivity contribution in [3.05, 3.63) is 87.2 Å². The smallest absolute Gasteiger partial charge is 0.329 e. The molecule has 3 aromatic carbocycles. The van der Waals surface area contributed by atoms with Gasteiger partial charge in [-0.1, -0.05) is 35.3 Å². The number of ether oxygens (including phenoxy) is 2. The molecule has 182 valence electrons. The van der Waals surface area contributed by atoms with E-state index in [1.54, 1.807) is 56.3 Å². The third-order valence-electron chi connectivity index (χ3n) is 5.06. The number of anilines is 1. The third-order valence-corrected chi connectivity index (χ3v) is 5.83. The van der Waals surface area contributed by atoms with Gasteiger partial charge in [0.15, 0.2) is 11.5 Å². The van der Waals surface area contributed by atoms with Gasteiger partial charge in [0.1, 0.15) is 12.4 Å². The average Bonchev–Trinajstić information content (AvgIpc) is 2.84. The van der Waals surface area contributed by atoms with Crippen molar-refractivity contribution < 1.29 is 23.5 Å². The molecule has 0 radical (unpaired) electrons. The molecule has 10 heteroatoms. The number of amides is 2. The molecular weight excluding hydrogens is 496 g/mol. The molecule has 35 heavy (non-hydrogen) atoms. The van der Waals surface area contributed by atoms with Crippen LogP contribution in [-0.2, 0) is 16.2 Å². The Labute approximate surface area is 211 Å². The number of nitrogens with one attached hydrogen (secondary N) is 2. The van der Waals surface area contributed by atoms with Crippen molar-refractivity contribution in [2.45, 2.75) is 20.5 Å². The fraction of sp³-hybridized carbons (Fsp3) is 0.160. The molecule has 0 saturated carbocycles. The fourth-order valence-corrected chi connectivity index (χ4v) is 3.40. The highest BCUT2D eigenvalue weighted by atomic mass is 35.5. The van der Waals surface area contributed by atoms with Crippen LogP contribution in [0.1, 0.15) is 23.6 Å². The van der Waals surface area contributed by atoms with Gasteiger partial charge in [0.25, 0.3) is 0 Å². The molecule has 0 aromatic heterocycles. The normalized spacial score (nSPS) is 11.1. The standard InChI is InChI=1S/C25H22Cl2FN3O4/c1-14-18(26)6-5-9-21(14)29-24(32)25(33)31-30-15(2)16-10-11-22(23(12-16)34-3)35-13-17-19(27)7-4-8-20(17)28/h4-12H,13H2,1-3H3,(H,29,32)(H,31,33). The highest BCUT2D eigenvalue weighted by molar-refractivity contribution is 6.40. The van der Waals surface area contributed by atoms with E-state index >= 15 is 0 Å². The van der Waals surface area contributed by atoms with Gasteiger partial charge in [-0.05, 0) is 61.9 Å². The lowest BCUT2D eigenvalue weighted by molar-refractivity contribution is -0.136. The van der Waals surface area contributed by atoms with Crippen LogP contribution < -0.4 is 20.2 Å². The van der Waals surface area contributed by atoms with Crippen LogP contribution in [0.4, 0.5) is 10.1 Å². The number of methoxy groups -OCH3 is 1. The molecule has 0 bridgehead atoms. The molecule has 0 aliphatic carbocycles. The molecule has 0 unspecified atom stereocenters. The van der Waals surface area contributed by atoms with Crippen molar-refractivity contribution in [1.82, 2.24) is 5.43 Å². The zero-order valence-electron chi connectivity index (χ0n) is 19.1. The number of carbonyl (C=O) groups is 2. The second-order valence-electron chi connectivity index (χ2n) is 7.36. The summed E-state index contributed by atoms with van der Waals surface area (Å²) in [5.41, 5.74) is 4.53. The minimum absolute atomic E-state index is 0.0917. The van der Waals surface area contributed by atoms with Crippen molar-refractivity contribution in [2.75, 3.05) is 12.4 Å². The number of benzene rings is 3. The molecule has 0 atom stereocenters. The molecular formula is C25H22Cl2FN3O4. The Morgan fingerprint density at radius 3 is 2.43 bits per heavy atom. The van der Waals surface area contributed by atoms with Crippen LogP contribution in [0.2, 0.25) is 10.0 Å². The zero-order valence-corrected chi connectivity index (χ0v) is 20.6. The van der Waals surface area contributed by atoms with E-state index in [4.69, 9.17) is 32.7 Å². The van der Waals surface area contributed by atoms with Crippen LogP contribution in [0, 0.1) is 12.7 Å². The highest BCUT2D eigenvalue weighted by Crippen LogP contribution is 2.30. The first-order chi connectivity index (χ1) is 16.7. The predicted molar refractivity (Wildman–Crippen MR) is 134 cm³/mol. The summed E-state index contributed by atoms with van der Waals surface area (Å²) in [5.74, 6) is -1.58. The van der Waals surface area contributed by atoms with Crippen LogP contribution in [0.5, 0.6) is 11.5 Å². The summed E-state index contributed by atoms with van der Waals surface area (Å²) in [7, 11) is 1.46. The SMILES string of the molecule is COc1cc(C(C)=NNC(=O)C(=O)Nc2cccc(Cl)c2C)ccc1OCc1c(F)cccc1Cl. The number of nitrogens with zero attached hydrogens (tertiary/aromatic N) is 1. The van der Waals surface area contributed by atoms with Crippen LogP contribution in [0.15, 0.2) is 59.7 Å². The van der Waals surface area contributed by atoms with E-state index in [9.17, 15) is 14.0 Å². The number of hydrogen-bond acceptors (Lipinski definition) is 5. The predicted octanol–water partition coefficient (Wildman–Crippen LogP) is 5.51. The Hall–Kier alpha value is -3.62. The third kappa shape index (κ3) is 6.49. The van der Waals surface area contributed by atoms with Crippen LogP contribution in [0.25, 0.3) is 0 Å². The average molecular weight is 518 g/mol. The van der Waals surface area contributed by atoms with Crippen molar-refractivity contribution in [1.29, 1.82) is 0 Å². The molecule has 0 aliphatic rings. The summed E-state index contributed by atoms with van der Waals surface area (Å²) in [5, 5.41) is 7.21. The molecule has 2 amide bonds. The summed E-state index contributed by atoms with van der Waals surface area (Å²) < 4.78 is 25.1. The topological polar surface area (TPSA) is 89.0 Å². The summed E-state index contributed by atoms with van der Waals surface area (Å²) in [6.07, 6.45) is 0. The molecule has 0 heterocycles. The summed E-state index contributed by atoms with van der Waals surface area (Å²) >= 11 is 12.1. The fourth-order valence-electron chi connectivity index (χ4n) is 3.00. The van der Waals surface area contributed by atoms with E-state index in [0.29, 0.717) is 39.0 Å². The molecule has 2 N–H and O–H groups in total. The van der Waals surface area contributed by atoms with Crippen molar-refractivity contribution in [2.24, 2.45) is 5.10 Å². The Balaban J connectivity index is 1.66. The molecule has 3 aromatic rings. The first kappa shape index (κ1) is 26.0. The van der Waals surface area contributed by atoms with Crippen molar-refractivity contribution in [3.63, 3.8) is 0 Å². The summed E-state index contributed by atoms with van der Waals surface area (Å²) in [6, 6.07) is 14.3. The Morgan fingerprint density at radius 2 is 1.71 bits per heavy atom. The second kappa shape index (κ2) is 11.7. The van der Waals surface area contributed by atoms with E-state index in [2.05, 4.69) is 15.8 Å². The molecule has 0 aliphatic heterocycles. The van der Waals surface area contributed by atoms with Gasteiger partial charge in [0, 0.05) is 21.8 Å². The molecule has 0 spiro atoms. The van der Waals surface area contributed by atoms with E-state index < -0.39 is 17.6 Å². The number of rotatable bonds is 7. The Kier molecular flexibility index (Phi) is 8.68. The minimum Gasteiger partial charge on any atom is -0.493 e. The first-order valence-corrected chi connectivity index (χ1v) is 11.1. The van der Waals surface area contributed by atoms with Gasteiger partial charge in [-0.25, -0.2) is 9.82 Å². The quantitative estimate of drug-likeness (QED) is 0.245. The Morgan fingerprint density at radius 1 is 1.00 bits per heavy atom. The maximum Gasteiger partial charge on any atom is 0.329 e. The van der Waals surface area contributed by atoms with Gasteiger partial charge in [-0.3, -0.25) is 9.59 Å².